The molecule has 2 aliphatic heterocycles. The van der Waals surface area contributed by atoms with E-state index in [0.29, 0.717) is 49.4 Å². The minimum Gasteiger partial charge on any atom is -0.447 e. The van der Waals surface area contributed by atoms with E-state index < -0.39 is 11.9 Å². The molecule has 1 aromatic carbocycles. The van der Waals surface area contributed by atoms with Crippen LogP contribution in [0.5, 0.6) is 0 Å². The number of hydrogen-bond donors (Lipinski definition) is 3. The number of cyclic esters (lactones) is 1. The number of ether oxygens (including phenoxy) is 1. The number of nitrogens with one attached hydrogen (secondary N) is 1. The number of nitrogens with two attached hydrogens (primary N) is 2. The molecule has 0 bridgehead atoms. The number of aromatic nitrogens is 2. The van der Waals surface area contributed by atoms with Crippen molar-refractivity contribution >= 4 is 23.8 Å². The third-order valence-corrected chi connectivity index (χ3v) is 6.38. The highest BCUT2D eigenvalue weighted by molar-refractivity contribution is 6.07. The number of hydrogen-bond acceptors (Lipinski definition) is 7. The van der Waals surface area contributed by atoms with E-state index in [2.05, 4.69) is 21.9 Å². The lowest BCUT2D eigenvalue weighted by Gasteiger charge is -2.39. The molecule has 1 amide bonds. The number of benzene rings is 1. The Morgan fingerprint density at radius 2 is 2.24 bits per heavy atom. The van der Waals surface area contributed by atoms with Gasteiger partial charge in [-0.1, -0.05) is 0 Å². The number of aryl methyl sites for hydroxylation is 1. The molecule has 0 aliphatic carbocycles. The minimum atomic E-state index is -0.556. The molecule has 2 saturated heterocycles. The van der Waals surface area contributed by atoms with Crippen LogP contribution in [0.15, 0.2) is 29.5 Å². The summed E-state index contributed by atoms with van der Waals surface area (Å²) in [6.07, 6.45) is 4.73. The maximum atomic E-state index is 14.6. The fourth-order valence-corrected chi connectivity index (χ4v) is 4.53. The van der Waals surface area contributed by atoms with Crippen LogP contribution in [0, 0.1) is 11.2 Å². The third-order valence-electron chi connectivity index (χ3n) is 6.38. The van der Waals surface area contributed by atoms with Gasteiger partial charge in [0.2, 0.25) is 0 Å². The van der Waals surface area contributed by atoms with Gasteiger partial charge in [0.05, 0.1) is 30.3 Å². The molecular weight excluding hydrogens is 427 g/mol. The maximum Gasteiger partial charge on any atom is 0.410 e. The summed E-state index contributed by atoms with van der Waals surface area (Å²) in [6.45, 7) is 4.47. The van der Waals surface area contributed by atoms with Gasteiger partial charge in [0.15, 0.2) is 0 Å². The van der Waals surface area contributed by atoms with Crippen molar-refractivity contribution in [1.29, 1.82) is 5.41 Å². The van der Waals surface area contributed by atoms with E-state index in [9.17, 15) is 9.18 Å². The number of carbonyl (C=O) groups is 1. The second-order valence-electron chi connectivity index (χ2n) is 8.55. The van der Waals surface area contributed by atoms with Crippen molar-refractivity contribution in [2.24, 2.45) is 17.8 Å². The van der Waals surface area contributed by atoms with Crippen LogP contribution in [-0.2, 0) is 11.8 Å². The zero-order valence-corrected chi connectivity index (χ0v) is 18.7. The molecule has 2 aliphatic rings. The number of anilines is 1. The number of halogens is 1. The standard InChI is InChI=1S/C22H29FN8O2/c1-13(30-3-4-31-15(10-30)11-33-22(31)32)5-20(27-12-24)21(26)17-6-16(18(23)7-19(17)25)14-8-28-29(2)9-14/h6-9,12-13,15,20,26H,3-5,10-11,25H2,1-2H3,(H2,24,27). The Labute approximate surface area is 191 Å². The minimum absolute atomic E-state index is 0.0411. The summed E-state index contributed by atoms with van der Waals surface area (Å²) in [5.74, 6) is -0.476. The number of nitrogen functional groups attached to an aromatic ring is 1. The zero-order chi connectivity index (χ0) is 23.7. The van der Waals surface area contributed by atoms with Gasteiger partial charge in [-0.3, -0.25) is 19.5 Å². The van der Waals surface area contributed by atoms with Crippen molar-refractivity contribution in [1.82, 2.24) is 19.6 Å². The van der Waals surface area contributed by atoms with Crippen molar-refractivity contribution in [3.05, 3.63) is 35.9 Å². The van der Waals surface area contributed by atoms with Gasteiger partial charge < -0.3 is 21.6 Å². The highest BCUT2D eigenvalue weighted by Crippen LogP contribution is 2.29. The predicted octanol–water partition coefficient (Wildman–Crippen LogP) is 1.45. The Hall–Kier alpha value is -3.47. The van der Waals surface area contributed by atoms with Gasteiger partial charge in [-0.05, 0) is 25.5 Å². The summed E-state index contributed by atoms with van der Waals surface area (Å²) >= 11 is 0. The largest absolute Gasteiger partial charge is 0.447 e. The van der Waals surface area contributed by atoms with E-state index in [-0.39, 0.29) is 29.6 Å². The number of carbonyl (C=O) groups excluding carboxylic acids is 1. The van der Waals surface area contributed by atoms with Crippen LogP contribution in [0.2, 0.25) is 0 Å². The molecule has 3 heterocycles. The number of aliphatic imine (C=N–C) groups is 1. The Morgan fingerprint density at radius 3 is 2.94 bits per heavy atom. The fourth-order valence-electron chi connectivity index (χ4n) is 4.53. The molecule has 11 heteroatoms. The van der Waals surface area contributed by atoms with Gasteiger partial charge in [-0.15, -0.1) is 0 Å². The second-order valence-corrected chi connectivity index (χ2v) is 8.55. The van der Waals surface area contributed by atoms with E-state index in [4.69, 9.17) is 21.6 Å². The van der Waals surface area contributed by atoms with Crippen molar-refractivity contribution in [2.45, 2.75) is 31.5 Å². The Balaban J connectivity index is 1.53. The van der Waals surface area contributed by atoms with Crippen LogP contribution in [0.25, 0.3) is 11.1 Å². The number of piperazine rings is 1. The second kappa shape index (κ2) is 9.18. The first kappa shape index (κ1) is 22.7. The number of nitrogens with zero attached hydrogens (tertiary/aromatic N) is 5. The van der Waals surface area contributed by atoms with Crippen LogP contribution in [0.1, 0.15) is 18.9 Å². The first-order valence-electron chi connectivity index (χ1n) is 10.9. The number of fused-ring (bicyclic) bond motifs is 1. The van der Waals surface area contributed by atoms with Crippen molar-refractivity contribution in [3.63, 3.8) is 0 Å². The van der Waals surface area contributed by atoms with E-state index in [1.165, 1.54) is 12.4 Å². The molecule has 2 fully saturated rings. The average Bonchev–Trinajstić information content (AvgIpc) is 3.38. The first-order chi connectivity index (χ1) is 15.8. The molecule has 3 unspecified atom stereocenters. The molecule has 2 aromatic rings. The van der Waals surface area contributed by atoms with E-state index in [1.807, 2.05) is 0 Å². The number of rotatable bonds is 7. The molecule has 10 nitrogen and oxygen atoms in total. The molecule has 0 spiro atoms. The summed E-state index contributed by atoms with van der Waals surface area (Å²) in [5.41, 5.74) is 13.4. The van der Waals surface area contributed by atoms with Crippen LogP contribution < -0.4 is 11.5 Å². The summed E-state index contributed by atoms with van der Waals surface area (Å²) in [4.78, 5) is 20.1. The molecule has 4 rings (SSSR count). The van der Waals surface area contributed by atoms with Crippen molar-refractivity contribution in [3.8, 4) is 11.1 Å². The monoisotopic (exact) mass is 456 g/mol. The van der Waals surface area contributed by atoms with E-state index >= 15 is 0 Å². The van der Waals surface area contributed by atoms with Gasteiger partial charge in [-0.25, -0.2) is 9.18 Å². The third kappa shape index (κ3) is 4.54. The summed E-state index contributed by atoms with van der Waals surface area (Å²) in [6, 6.07) is 2.36. The van der Waals surface area contributed by atoms with E-state index in [0.717, 1.165) is 0 Å². The molecule has 0 saturated carbocycles. The lowest BCUT2D eigenvalue weighted by Crippen LogP contribution is -2.55. The fraction of sp³-hybridized carbons (Fsp3) is 0.455. The van der Waals surface area contributed by atoms with Crippen LogP contribution in [0.4, 0.5) is 14.9 Å². The van der Waals surface area contributed by atoms with Gasteiger partial charge in [0.1, 0.15) is 12.4 Å². The quantitative estimate of drug-likeness (QED) is 0.327. The molecule has 5 N–H and O–H groups in total. The van der Waals surface area contributed by atoms with Crippen LogP contribution in [-0.4, -0.2) is 82.1 Å². The summed E-state index contributed by atoms with van der Waals surface area (Å²) in [5, 5.41) is 12.9. The topological polar surface area (TPSA) is 139 Å². The molecule has 176 valence electrons. The smallest absolute Gasteiger partial charge is 0.410 e. The zero-order valence-electron chi connectivity index (χ0n) is 18.7. The maximum absolute atomic E-state index is 14.6. The normalized spacial score (nSPS) is 20.6. The van der Waals surface area contributed by atoms with Gasteiger partial charge in [-0.2, -0.15) is 5.10 Å². The molecule has 1 aromatic heterocycles. The highest BCUT2D eigenvalue weighted by Gasteiger charge is 2.39. The first-order valence-corrected chi connectivity index (χ1v) is 10.9. The van der Waals surface area contributed by atoms with Gasteiger partial charge >= 0.3 is 6.09 Å². The molecule has 0 radical (unpaired) electrons. The Kier molecular flexibility index (Phi) is 6.32. The number of amides is 1. The lowest BCUT2D eigenvalue weighted by atomic mass is 9.93. The summed E-state index contributed by atoms with van der Waals surface area (Å²) < 4.78 is 21.4. The molecular formula is C22H29FN8O2. The van der Waals surface area contributed by atoms with Crippen molar-refractivity contribution < 1.29 is 13.9 Å². The Bertz CT molecular complexity index is 1080. The lowest BCUT2D eigenvalue weighted by molar-refractivity contribution is 0.0901. The average molecular weight is 457 g/mol. The van der Waals surface area contributed by atoms with E-state index in [1.54, 1.807) is 35.1 Å². The van der Waals surface area contributed by atoms with Gasteiger partial charge in [0, 0.05) is 61.3 Å². The Morgan fingerprint density at radius 1 is 1.45 bits per heavy atom. The van der Waals surface area contributed by atoms with Gasteiger partial charge in [0.25, 0.3) is 0 Å². The summed E-state index contributed by atoms with van der Waals surface area (Å²) in [7, 11) is 1.75. The van der Waals surface area contributed by atoms with Crippen LogP contribution in [0.3, 0.4) is 0 Å². The van der Waals surface area contributed by atoms with Crippen molar-refractivity contribution in [2.75, 3.05) is 32.0 Å². The molecule has 3 atom stereocenters. The highest BCUT2D eigenvalue weighted by atomic mass is 19.1. The molecule has 33 heavy (non-hydrogen) atoms. The SMILES string of the molecule is CC(CC(N=CN)C(=N)c1cc(-c2cnn(C)c2)c(F)cc1N)N1CCN2C(=O)OCC2C1. The van der Waals surface area contributed by atoms with Crippen LogP contribution >= 0.6 is 0 Å². The predicted molar refractivity (Wildman–Crippen MR) is 124 cm³/mol.